The van der Waals surface area contributed by atoms with Crippen molar-refractivity contribution in [3.05, 3.63) is 24.3 Å². The molecular formula is C48H92O19. The summed E-state index contributed by atoms with van der Waals surface area (Å²) in [5, 5.41) is 17.3. The average Bonchev–Trinajstić information content (AvgIpc) is 3.32. The Bertz CT molecular complexity index is 960. The van der Waals surface area contributed by atoms with E-state index in [9.17, 15) is 9.59 Å². The molecule has 2 N–H and O–H groups in total. The van der Waals surface area contributed by atoms with Gasteiger partial charge in [-0.3, -0.25) is 0 Å². The minimum atomic E-state index is -0.416. The van der Waals surface area contributed by atoms with Crippen LogP contribution in [0.2, 0.25) is 0 Å². The molecule has 0 bridgehead atoms. The Hall–Kier alpha value is -2.18. The van der Waals surface area contributed by atoms with E-state index >= 15 is 0 Å². The molecule has 398 valence electrons. The molecule has 0 aliphatic rings. The van der Waals surface area contributed by atoms with Crippen LogP contribution in [0.3, 0.4) is 0 Å². The van der Waals surface area contributed by atoms with Gasteiger partial charge in [0.2, 0.25) is 0 Å². The number of aliphatic hydroxyl groups is 2. The van der Waals surface area contributed by atoms with Crippen LogP contribution >= 0.6 is 0 Å². The number of rotatable bonds is 55. The number of esters is 2. The number of unbranched alkanes of at least 4 members (excludes halogenated alkanes) is 5. The number of aliphatic hydroxyl groups excluding tert-OH is 2. The molecule has 0 amide bonds. The maximum absolute atomic E-state index is 11.2. The molecule has 0 fully saturated rings. The third-order valence-electron chi connectivity index (χ3n) is 8.47. The molecule has 0 aromatic heterocycles. The lowest BCUT2D eigenvalue weighted by atomic mass is 10.3. The molecule has 0 rings (SSSR count). The predicted molar refractivity (Wildman–Crippen MR) is 253 cm³/mol. The standard InChI is InChI=1S/C28H50O13.C20H42O6/c1-25(2)27(29)40-23-21-38-19-17-36-15-13-34-11-9-32-7-5-31-6-8-33-10-12-35-14-16-37-18-20-39-22-24-41-28(30)26(3)4;21-11-1-3-13-23-15-5-7-17-25-19-9-10-20-26-18-8-6-16-24-14-4-2-12-22/h1,3,5-24H2,2,4H3;21-22H,1-20H2. The molecule has 19 heteroatoms. The molecule has 0 unspecified atom stereocenters. The van der Waals surface area contributed by atoms with Crippen LogP contribution in [0.4, 0.5) is 0 Å². The normalized spacial score (nSPS) is 11.1. The van der Waals surface area contributed by atoms with E-state index in [4.69, 9.17) is 81.3 Å². The number of hydrogen-bond donors (Lipinski definition) is 2. The van der Waals surface area contributed by atoms with Gasteiger partial charge in [0.05, 0.1) is 119 Å². The maximum Gasteiger partial charge on any atom is 0.333 e. The van der Waals surface area contributed by atoms with Gasteiger partial charge in [0.1, 0.15) is 13.2 Å². The smallest absolute Gasteiger partial charge is 0.333 e. The van der Waals surface area contributed by atoms with Gasteiger partial charge in [-0.25, -0.2) is 9.59 Å². The summed E-state index contributed by atoms with van der Waals surface area (Å²) in [4.78, 5) is 22.3. The Morgan fingerprint density at radius 2 is 0.418 bits per heavy atom. The fourth-order valence-electron chi connectivity index (χ4n) is 4.76. The molecule has 0 aliphatic heterocycles. The van der Waals surface area contributed by atoms with E-state index in [1.54, 1.807) is 13.8 Å². The first-order chi connectivity index (χ1) is 32.9. The van der Waals surface area contributed by atoms with E-state index < -0.39 is 11.9 Å². The van der Waals surface area contributed by atoms with Crippen LogP contribution in [0.1, 0.15) is 78.1 Å². The van der Waals surface area contributed by atoms with Crippen molar-refractivity contribution in [3.8, 4) is 0 Å². The Morgan fingerprint density at radius 3 is 0.582 bits per heavy atom. The van der Waals surface area contributed by atoms with E-state index in [-0.39, 0.29) is 26.4 Å². The van der Waals surface area contributed by atoms with Gasteiger partial charge in [-0.15, -0.1) is 0 Å². The predicted octanol–water partition coefficient (Wildman–Crippen LogP) is 4.31. The molecule has 0 spiro atoms. The maximum atomic E-state index is 11.2. The van der Waals surface area contributed by atoms with Crippen LogP contribution < -0.4 is 0 Å². The zero-order valence-electron chi connectivity index (χ0n) is 41.5. The van der Waals surface area contributed by atoms with Gasteiger partial charge in [-0.1, -0.05) is 13.2 Å². The number of ether oxygens (including phenoxy) is 15. The topological polar surface area (TPSA) is 213 Å². The minimum absolute atomic E-state index is 0.195. The lowest BCUT2D eigenvalue weighted by molar-refractivity contribution is -0.141. The summed E-state index contributed by atoms with van der Waals surface area (Å²) in [5.74, 6) is -0.833. The van der Waals surface area contributed by atoms with Crippen molar-refractivity contribution in [2.24, 2.45) is 0 Å². The minimum Gasteiger partial charge on any atom is -0.460 e. The number of hydrogen-bond acceptors (Lipinski definition) is 19. The number of carbonyl (C=O) groups is 2. The zero-order valence-corrected chi connectivity index (χ0v) is 41.5. The monoisotopic (exact) mass is 973 g/mol. The van der Waals surface area contributed by atoms with Crippen LogP contribution in [0, 0.1) is 0 Å². The Labute approximate surface area is 402 Å². The SMILES string of the molecule is C=C(C)C(=O)OCCOCCOCCOCCOCCOCCOCCOCCOCCOCCOC(=O)C(=C)C.OCCCCOCCCCOCCCCOCCCCOCCCCO. The van der Waals surface area contributed by atoms with Crippen LogP contribution in [-0.2, 0) is 80.6 Å². The van der Waals surface area contributed by atoms with Gasteiger partial charge in [-0.05, 0) is 78.1 Å². The van der Waals surface area contributed by atoms with E-state index in [0.717, 1.165) is 117 Å². The van der Waals surface area contributed by atoms with Crippen molar-refractivity contribution >= 4 is 11.9 Å². The molecule has 67 heavy (non-hydrogen) atoms. The van der Waals surface area contributed by atoms with Gasteiger partial charge in [0, 0.05) is 77.2 Å². The first-order valence-electron chi connectivity index (χ1n) is 24.2. The van der Waals surface area contributed by atoms with Crippen molar-refractivity contribution in [3.63, 3.8) is 0 Å². The molecule has 19 nitrogen and oxygen atoms in total. The fraction of sp³-hybridized carbons (Fsp3) is 0.875. The summed E-state index contributed by atoms with van der Waals surface area (Å²) in [5.41, 5.74) is 0.733. The van der Waals surface area contributed by atoms with Crippen molar-refractivity contribution in [1.29, 1.82) is 0 Å². The summed E-state index contributed by atoms with van der Waals surface area (Å²) in [6.07, 6.45) is 9.78. The molecule has 0 aromatic rings. The second kappa shape index (κ2) is 59.9. The van der Waals surface area contributed by atoms with Crippen LogP contribution in [-0.4, -0.2) is 220 Å². The molecule has 0 radical (unpaired) electrons. The van der Waals surface area contributed by atoms with Crippen molar-refractivity contribution in [1.82, 2.24) is 0 Å². The van der Waals surface area contributed by atoms with Gasteiger partial charge in [0.25, 0.3) is 0 Å². The van der Waals surface area contributed by atoms with Gasteiger partial charge in [-0.2, -0.15) is 0 Å². The molecular weight excluding hydrogens is 881 g/mol. The molecule has 0 aliphatic carbocycles. The molecule has 0 saturated carbocycles. The van der Waals surface area contributed by atoms with E-state index in [1.165, 1.54) is 0 Å². The fourth-order valence-corrected chi connectivity index (χ4v) is 4.76. The highest BCUT2D eigenvalue weighted by Gasteiger charge is 2.03. The average molecular weight is 973 g/mol. The number of carbonyl (C=O) groups excluding carboxylic acids is 2. The first kappa shape index (κ1) is 66.9. The molecule has 0 heterocycles. The zero-order chi connectivity index (χ0) is 49.2. The summed E-state index contributed by atoms with van der Waals surface area (Å²) < 4.78 is 80.4. The third-order valence-corrected chi connectivity index (χ3v) is 8.47. The lowest BCUT2D eigenvalue weighted by Gasteiger charge is -2.09. The quantitative estimate of drug-likeness (QED) is 0.0494. The van der Waals surface area contributed by atoms with Crippen molar-refractivity contribution < 1.29 is 90.9 Å². The van der Waals surface area contributed by atoms with Gasteiger partial charge >= 0.3 is 11.9 Å². The highest BCUT2D eigenvalue weighted by Crippen LogP contribution is 1.99. The van der Waals surface area contributed by atoms with Crippen LogP contribution in [0.15, 0.2) is 24.3 Å². The Balaban J connectivity index is 0. The molecule has 0 aromatic carbocycles. The third kappa shape index (κ3) is 61.8. The second-order valence-electron chi connectivity index (χ2n) is 14.8. The van der Waals surface area contributed by atoms with E-state index in [1.807, 2.05) is 0 Å². The summed E-state index contributed by atoms with van der Waals surface area (Å²) in [7, 11) is 0. The van der Waals surface area contributed by atoms with Crippen molar-refractivity contribution in [2.75, 3.05) is 198 Å². The highest BCUT2D eigenvalue weighted by atomic mass is 16.6. The Morgan fingerprint density at radius 1 is 0.269 bits per heavy atom. The summed E-state index contributed by atoms with van der Waals surface area (Å²) in [6, 6.07) is 0. The largest absolute Gasteiger partial charge is 0.460 e. The second-order valence-corrected chi connectivity index (χ2v) is 14.8. The summed E-state index contributed by atoms with van der Waals surface area (Å²) >= 11 is 0. The van der Waals surface area contributed by atoms with E-state index in [0.29, 0.717) is 130 Å². The molecule has 0 atom stereocenters. The Kier molecular flexibility index (Phi) is 59.9. The van der Waals surface area contributed by atoms with Gasteiger partial charge < -0.3 is 81.3 Å². The van der Waals surface area contributed by atoms with Crippen LogP contribution in [0.25, 0.3) is 0 Å². The molecule has 0 saturated heterocycles. The van der Waals surface area contributed by atoms with Crippen molar-refractivity contribution in [2.45, 2.75) is 78.1 Å². The van der Waals surface area contributed by atoms with Crippen LogP contribution in [0.5, 0.6) is 0 Å². The summed E-state index contributed by atoms with van der Waals surface area (Å²) in [6.45, 7) is 25.4. The highest BCUT2D eigenvalue weighted by molar-refractivity contribution is 5.87. The van der Waals surface area contributed by atoms with Gasteiger partial charge in [0.15, 0.2) is 0 Å². The lowest BCUT2D eigenvalue weighted by Crippen LogP contribution is -2.16. The first-order valence-corrected chi connectivity index (χ1v) is 24.2. The van der Waals surface area contributed by atoms with E-state index in [2.05, 4.69) is 13.2 Å².